The Hall–Kier alpha value is -0.860. The van der Waals surface area contributed by atoms with E-state index in [1.165, 1.54) is 5.56 Å². The normalized spacial score (nSPS) is 13.0. The molecule has 0 aromatic heterocycles. The fourth-order valence-electron chi connectivity index (χ4n) is 1.78. The highest BCUT2D eigenvalue weighted by molar-refractivity contribution is 5.14. The van der Waals surface area contributed by atoms with Gasteiger partial charge in [0, 0.05) is 6.54 Å². The Bertz CT molecular complexity index is 273. The van der Waals surface area contributed by atoms with Gasteiger partial charge in [0.2, 0.25) is 0 Å². The zero-order valence-electron chi connectivity index (χ0n) is 10.4. The summed E-state index contributed by atoms with van der Waals surface area (Å²) in [5, 5.41) is 9.50. The number of aliphatic hydroxyl groups excluding tert-OH is 1. The predicted octanol–water partition coefficient (Wildman–Crippen LogP) is 2.32. The zero-order valence-corrected chi connectivity index (χ0v) is 10.4. The van der Waals surface area contributed by atoms with Crippen molar-refractivity contribution in [1.29, 1.82) is 0 Å². The van der Waals surface area contributed by atoms with Crippen LogP contribution >= 0.6 is 0 Å². The van der Waals surface area contributed by atoms with Crippen molar-refractivity contribution in [1.82, 2.24) is 4.90 Å². The molecule has 0 fully saturated rings. The molecule has 16 heavy (non-hydrogen) atoms. The van der Waals surface area contributed by atoms with Crippen LogP contribution in [0, 0.1) is 0 Å². The van der Waals surface area contributed by atoms with Crippen LogP contribution in [-0.4, -0.2) is 36.2 Å². The lowest BCUT2D eigenvalue weighted by Gasteiger charge is -2.19. The minimum Gasteiger partial charge on any atom is -0.392 e. The monoisotopic (exact) mass is 221 g/mol. The van der Waals surface area contributed by atoms with E-state index in [1.54, 1.807) is 0 Å². The van der Waals surface area contributed by atoms with Gasteiger partial charge in [-0.05, 0) is 38.4 Å². The van der Waals surface area contributed by atoms with Crippen molar-refractivity contribution < 1.29 is 5.11 Å². The second-order valence-corrected chi connectivity index (χ2v) is 4.41. The van der Waals surface area contributed by atoms with Crippen molar-refractivity contribution in [2.75, 3.05) is 20.1 Å². The van der Waals surface area contributed by atoms with E-state index >= 15 is 0 Å². The second kappa shape index (κ2) is 7.42. The molecule has 0 heterocycles. The van der Waals surface area contributed by atoms with E-state index in [9.17, 15) is 5.11 Å². The highest BCUT2D eigenvalue weighted by Crippen LogP contribution is 2.03. The molecule has 0 saturated heterocycles. The Morgan fingerprint density at radius 1 is 1.25 bits per heavy atom. The molecule has 0 bridgehead atoms. The Balaban J connectivity index is 2.15. The van der Waals surface area contributed by atoms with Gasteiger partial charge in [-0.15, -0.1) is 0 Å². The summed E-state index contributed by atoms with van der Waals surface area (Å²) in [6.45, 7) is 3.85. The molecule has 0 radical (unpaired) electrons. The lowest BCUT2D eigenvalue weighted by atomic mass is 10.1. The Morgan fingerprint density at radius 3 is 2.56 bits per heavy atom. The lowest BCUT2D eigenvalue weighted by Crippen LogP contribution is -2.29. The van der Waals surface area contributed by atoms with Crippen LogP contribution < -0.4 is 0 Å². The Kier molecular flexibility index (Phi) is 6.12. The molecule has 0 amide bonds. The SMILES string of the molecule is CCC(O)CN(C)CCCc1ccccc1. The minimum atomic E-state index is -0.179. The average Bonchev–Trinajstić information content (AvgIpc) is 2.30. The molecule has 0 aliphatic heterocycles. The fraction of sp³-hybridized carbons (Fsp3) is 0.571. The second-order valence-electron chi connectivity index (χ2n) is 4.41. The minimum absolute atomic E-state index is 0.179. The molecule has 1 aromatic rings. The highest BCUT2D eigenvalue weighted by atomic mass is 16.3. The molecular formula is C14H23NO. The van der Waals surface area contributed by atoms with E-state index in [2.05, 4.69) is 36.2 Å². The van der Waals surface area contributed by atoms with E-state index in [0.717, 1.165) is 32.4 Å². The van der Waals surface area contributed by atoms with Crippen LogP contribution in [0.3, 0.4) is 0 Å². The molecule has 0 aliphatic rings. The molecule has 2 nitrogen and oxygen atoms in total. The van der Waals surface area contributed by atoms with E-state index in [0.29, 0.717) is 0 Å². The number of hydrogen-bond acceptors (Lipinski definition) is 2. The standard InChI is InChI=1S/C14H23NO/c1-3-14(16)12-15(2)11-7-10-13-8-5-4-6-9-13/h4-6,8-9,14,16H,3,7,10-12H2,1-2H3. The van der Waals surface area contributed by atoms with Gasteiger partial charge in [0.15, 0.2) is 0 Å². The number of likely N-dealkylation sites (N-methyl/N-ethyl adjacent to an activating group) is 1. The summed E-state index contributed by atoms with van der Waals surface area (Å²) in [7, 11) is 2.07. The smallest absolute Gasteiger partial charge is 0.0664 e. The summed E-state index contributed by atoms with van der Waals surface area (Å²) in [5.74, 6) is 0. The van der Waals surface area contributed by atoms with Crippen molar-refractivity contribution in [3.63, 3.8) is 0 Å². The van der Waals surface area contributed by atoms with Crippen LogP contribution in [-0.2, 0) is 6.42 Å². The first-order valence-electron chi connectivity index (χ1n) is 6.13. The molecule has 1 aromatic carbocycles. The van der Waals surface area contributed by atoms with Crippen LogP contribution in [0.1, 0.15) is 25.3 Å². The van der Waals surface area contributed by atoms with Gasteiger partial charge in [-0.3, -0.25) is 0 Å². The maximum atomic E-state index is 9.50. The average molecular weight is 221 g/mol. The third kappa shape index (κ3) is 5.29. The largest absolute Gasteiger partial charge is 0.392 e. The number of nitrogens with zero attached hydrogens (tertiary/aromatic N) is 1. The van der Waals surface area contributed by atoms with Crippen LogP contribution in [0.15, 0.2) is 30.3 Å². The van der Waals surface area contributed by atoms with Crippen molar-refractivity contribution >= 4 is 0 Å². The van der Waals surface area contributed by atoms with Crippen molar-refractivity contribution in [2.45, 2.75) is 32.3 Å². The first kappa shape index (κ1) is 13.2. The van der Waals surface area contributed by atoms with Gasteiger partial charge in [0.05, 0.1) is 6.10 Å². The third-order valence-electron chi connectivity index (χ3n) is 2.84. The molecule has 1 rings (SSSR count). The quantitative estimate of drug-likeness (QED) is 0.764. The van der Waals surface area contributed by atoms with Crippen LogP contribution in [0.2, 0.25) is 0 Å². The lowest BCUT2D eigenvalue weighted by molar-refractivity contribution is 0.122. The van der Waals surface area contributed by atoms with Gasteiger partial charge in [-0.2, -0.15) is 0 Å². The fourth-order valence-corrected chi connectivity index (χ4v) is 1.78. The molecule has 0 spiro atoms. The van der Waals surface area contributed by atoms with Crippen molar-refractivity contribution in [3.8, 4) is 0 Å². The molecule has 1 unspecified atom stereocenters. The van der Waals surface area contributed by atoms with Crippen LogP contribution in [0.25, 0.3) is 0 Å². The van der Waals surface area contributed by atoms with Gasteiger partial charge in [0.25, 0.3) is 0 Å². The Morgan fingerprint density at radius 2 is 1.94 bits per heavy atom. The summed E-state index contributed by atoms with van der Waals surface area (Å²) in [4.78, 5) is 2.21. The number of rotatable bonds is 7. The summed E-state index contributed by atoms with van der Waals surface area (Å²) >= 11 is 0. The van der Waals surface area contributed by atoms with Gasteiger partial charge >= 0.3 is 0 Å². The van der Waals surface area contributed by atoms with E-state index in [1.807, 2.05) is 13.0 Å². The Labute approximate surface area is 98.9 Å². The molecular weight excluding hydrogens is 198 g/mol. The predicted molar refractivity (Wildman–Crippen MR) is 68.6 cm³/mol. The topological polar surface area (TPSA) is 23.5 Å². The molecule has 0 saturated carbocycles. The molecule has 1 atom stereocenters. The summed E-state index contributed by atoms with van der Waals surface area (Å²) < 4.78 is 0. The first-order valence-corrected chi connectivity index (χ1v) is 6.13. The van der Waals surface area contributed by atoms with Gasteiger partial charge in [0.1, 0.15) is 0 Å². The molecule has 2 heteroatoms. The van der Waals surface area contributed by atoms with E-state index in [-0.39, 0.29) is 6.10 Å². The van der Waals surface area contributed by atoms with Crippen LogP contribution in [0.4, 0.5) is 0 Å². The molecule has 90 valence electrons. The summed E-state index contributed by atoms with van der Waals surface area (Å²) in [6.07, 6.45) is 2.93. The number of benzene rings is 1. The van der Waals surface area contributed by atoms with Crippen molar-refractivity contribution in [3.05, 3.63) is 35.9 Å². The number of aryl methyl sites for hydroxylation is 1. The molecule has 0 aliphatic carbocycles. The maximum Gasteiger partial charge on any atom is 0.0664 e. The summed E-state index contributed by atoms with van der Waals surface area (Å²) in [6, 6.07) is 10.6. The van der Waals surface area contributed by atoms with Gasteiger partial charge < -0.3 is 10.0 Å². The third-order valence-corrected chi connectivity index (χ3v) is 2.84. The zero-order chi connectivity index (χ0) is 11.8. The van der Waals surface area contributed by atoms with E-state index in [4.69, 9.17) is 0 Å². The maximum absolute atomic E-state index is 9.50. The van der Waals surface area contributed by atoms with Crippen molar-refractivity contribution in [2.24, 2.45) is 0 Å². The summed E-state index contributed by atoms with van der Waals surface area (Å²) in [5.41, 5.74) is 1.40. The van der Waals surface area contributed by atoms with Gasteiger partial charge in [-0.25, -0.2) is 0 Å². The van der Waals surface area contributed by atoms with E-state index < -0.39 is 0 Å². The van der Waals surface area contributed by atoms with Crippen LogP contribution in [0.5, 0.6) is 0 Å². The first-order chi connectivity index (χ1) is 7.72. The highest BCUT2D eigenvalue weighted by Gasteiger charge is 2.05. The number of aliphatic hydroxyl groups is 1. The molecule has 1 N–H and O–H groups in total. The van der Waals surface area contributed by atoms with Gasteiger partial charge in [-0.1, -0.05) is 37.3 Å². The number of hydrogen-bond donors (Lipinski definition) is 1.